The Hall–Kier alpha value is -5.60. The molecule has 2 saturated heterocycles. The number of thioether (sulfide) groups is 1. The first-order valence-electron chi connectivity index (χ1n) is 16.9. The van der Waals surface area contributed by atoms with Crippen LogP contribution in [-0.4, -0.2) is 84.6 Å². The van der Waals surface area contributed by atoms with Crippen LogP contribution in [0.1, 0.15) is 52.4 Å². The fraction of sp³-hybridized carbons (Fsp3) is 0.270. The molecule has 2 atom stereocenters. The molecule has 3 aliphatic heterocycles. The van der Waals surface area contributed by atoms with Crippen molar-refractivity contribution in [3.63, 3.8) is 0 Å². The molecule has 14 heteroatoms. The summed E-state index contributed by atoms with van der Waals surface area (Å²) in [4.78, 5) is 63.9. The Kier molecular flexibility index (Phi) is 8.70. The number of para-hydroxylation sites is 1. The Morgan fingerprint density at radius 1 is 0.902 bits per heavy atom. The fourth-order valence-corrected chi connectivity index (χ4v) is 8.17. The first-order valence-corrected chi connectivity index (χ1v) is 17.9. The lowest BCUT2D eigenvalue weighted by Crippen LogP contribution is -2.54. The van der Waals surface area contributed by atoms with E-state index < -0.39 is 29.7 Å². The Balaban J connectivity index is 0.961. The SMILES string of the molecule is Nc1ncnc2c1c(-c1ccc(Oc3ccccc3)cc1)nn2C1CCCN(CCSc2cccc3c2C(=O)N(C2CCC(=O)NC2=O)C3=O)C1. The molecule has 0 bridgehead atoms. The van der Waals surface area contributed by atoms with Gasteiger partial charge in [-0.1, -0.05) is 24.3 Å². The molecule has 3 aromatic carbocycles. The van der Waals surface area contributed by atoms with E-state index in [4.69, 9.17) is 15.6 Å². The highest BCUT2D eigenvalue weighted by Crippen LogP contribution is 2.37. The van der Waals surface area contributed by atoms with Crippen LogP contribution in [-0.2, 0) is 9.59 Å². The summed E-state index contributed by atoms with van der Waals surface area (Å²) >= 11 is 1.51. The molecule has 2 aromatic heterocycles. The van der Waals surface area contributed by atoms with Crippen molar-refractivity contribution >= 4 is 52.2 Å². The number of carbonyl (C=O) groups excluding carboxylic acids is 4. The first kappa shape index (κ1) is 32.6. The van der Waals surface area contributed by atoms with Gasteiger partial charge >= 0.3 is 0 Å². The summed E-state index contributed by atoms with van der Waals surface area (Å²) in [7, 11) is 0. The largest absolute Gasteiger partial charge is 0.457 e. The minimum Gasteiger partial charge on any atom is -0.457 e. The van der Waals surface area contributed by atoms with Gasteiger partial charge in [0.25, 0.3) is 11.8 Å². The number of hydrogen-bond donors (Lipinski definition) is 2. The predicted molar refractivity (Wildman–Crippen MR) is 190 cm³/mol. The molecule has 8 rings (SSSR count). The maximum absolute atomic E-state index is 13.5. The third kappa shape index (κ3) is 6.21. The maximum atomic E-state index is 13.5. The average Bonchev–Trinajstić information content (AvgIpc) is 3.65. The highest BCUT2D eigenvalue weighted by Gasteiger charge is 2.45. The zero-order chi connectivity index (χ0) is 35.1. The van der Waals surface area contributed by atoms with Crippen LogP contribution < -0.4 is 15.8 Å². The number of nitrogen functional groups attached to an aromatic ring is 1. The second kappa shape index (κ2) is 13.6. The van der Waals surface area contributed by atoms with E-state index in [2.05, 4.69) is 20.2 Å². The molecule has 13 nitrogen and oxygen atoms in total. The molecule has 258 valence electrons. The molecule has 3 aliphatic rings. The van der Waals surface area contributed by atoms with E-state index in [1.54, 1.807) is 12.1 Å². The molecule has 0 aliphatic carbocycles. The van der Waals surface area contributed by atoms with Crippen molar-refractivity contribution < 1.29 is 23.9 Å². The fourth-order valence-electron chi connectivity index (χ4n) is 7.08. The highest BCUT2D eigenvalue weighted by atomic mass is 32.2. The molecule has 5 heterocycles. The molecule has 0 saturated carbocycles. The monoisotopic (exact) mass is 702 g/mol. The average molecular weight is 703 g/mol. The summed E-state index contributed by atoms with van der Waals surface area (Å²) in [5, 5.41) is 8.03. The standard InChI is InChI=1S/C37H34N8O5S/c38-33-31-32(22-11-13-25(14-12-22)50-24-7-2-1-3-8-24)42-45(34(31)40-21-39-33)23-6-5-17-43(20-23)18-19-51-28-10-4-9-26-30(28)37(49)44(36(26)48)27-15-16-29(46)41-35(27)47/h1-4,7-14,21,23,27H,5-6,15-20H2,(H2,38,39,40)(H,41,46,47). The van der Waals surface area contributed by atoms with Gasteiger partial charge in [0.1, 0.15) is 35.4 Å². The number of fused-ring (bicyclic) bond motifs is 2. The smallest absolute Gasteiger partial charge is 0.263 e. The number of nitrogens with two attached hydrogens (primary N) is 1. The van der Waals surface area contributed by atoms with Crippen LogP contribution in [0.3, 0.4) is 0 Å². The number of aromatic nitrogens is 4. The van der Waals surface area contributed by atoms with Crippen molar-refractivity contribution in [1.29, 1.82) is 0 Å². The summed E-state index contributed by atoms with van der Waals surface area (Å²) in [6.07, 6.45) is 3.56. The van der Waals surface area contributed by atoms with Crippen molar-refractivity contribution in [3.05, 3.63) is 90.3 Å². The molecule has 2 fully saturated rings. The first-order chi connectivity index (χ1) is 24.9. The van der Waals surface area contributed by atoms with Crippen LogP contribution in [0.25, 0.3) is 22.3 Å². The summed E-state index contributed by atoms with van der Waals surface area (Å²) < 4.78 is 7.96. The summed E-state index contributed by atoms with van der Waals surface area (Å²) in [6.45, 7) is 2.41. The number of hydrogen-bond acceptors (Lipinski definition) is 11. The van der Waals surface area contributed by atoms with Crippen LogP contribution in [0.15, 0.2) is 84.0 Å². The zero-order valence-corrected chi connectivity index (χ0v) is 28.3. The topological polar surface area (TPSA) is 166 Å². The number of carbonyl (C=O) groups is 4. The van der Waals surface area contributed by atoms with Crippen LogP contribution in [0.5, 0.6) is 11.5 Å². The van der Waals surface area contributed by atoms with Crippen LogP contribution in [0, 0.1) is 0 Å². The van der Waals surface area contributed by atoms with E-state index in [1.165, 1.54) is 18.1 Å². The van der Waals surface area contributed by atoms with Gasteiger partial charge in [0.05, 0.1) is 22.6 Å². The number of amides is 4. The highest BCUT2D eigenvalue weighted by molar-refractivity contribution is 7.99. The number of imide groups is 2. The van der Waals surface area contributed by atoms with Crippen LogP contribution >= 0.6 is 11.8 Å². The van der Waals surface area contributed by atoms with Crippen molar-refractivity contribution in [3.8, 4) is 22.8 Å². The van der Waals surface area contributed by atoms with Crippen LogP contribution in [0.2, 0.25) is 0 Å². The van der Waals surface area contributed by atoms with Gasteiger partial charge in [-0.15, -0.1) is 11.8 Å². The van der Waals surface area contributed by atoms with E-state index >= 15 is 0 Å². The number of nitrogens with zero attached hydrogens (tertiary/aromatic N) is 6. The molecular weight excluding hydrogens is 669 g/mol. The number of ether oxygens (including phenoxy) is 1. The number of benzene rings is 3. The van der Waals surface area contributed by atoms with E-state index in [0.29, 0.717) is 44.5 Å². The minimum absolute atomic E-state index is 0.0530. The Morgan fingerprint density at radius 3 is 2.51 bits per heavy atom. The molecule has 51 heavy (non-hydrogen) atoms. The van der Waals surface area contributed by atoms with Gasteiger partial charge in [0.2, 0.25) is 11.8 Å². The Labute approximate surface area is 297 Å². The second-order valence-corrected chi connectivity index (χ2v) is 13.9. The minimum atomic E-state index is -0.995. The quantitative estimate of drug-likeness (QED) is 0.162. The lowest BCUT2D eigenvalue weighted by Gasteiger charge is -2.32. The maximum Gasteiger partial charge on any atom is 0.263 e. The van der Waals surface area contributed by atoms with E-state index in [0.717, 1.165) is 48.7 Å². The lowest BCUT2D eigenvalue weighted by molar-refractivity contribution is -0.136. The summed E-state index contributed by atoms with van der Waals surface area (Å²) in [5.41, 5.74) is 9.30. The second-order valence-electron chi connectivity index (χ2n) is 12.8. The number of anilines is 1. The Morgan fingerprint density at radius 2 is 1.71 bits per heavy atom. The molecule has 0 spiro atoms. The van der Waals surface area contributed by atoms with E-state index in [1.807, 2.05) is 65.3 Å². The predicted octanol–water partition coefficient (Wildman–Crippen LogP) is 4.70. The van der Waals surface area contributed by atoms with Gasteiger partial charge in [-0.2, -0.15) is 5.10 Å². The third-order valence-electron chi connectivity index (χ3n) is 9.55. The third-order valence-corrected chi connectivity index (χ3v) is 10.6. The number of rotatable bonds is 9. The lowest BCUT2D eigenvalue weighted by atomic mass is 10.0. The van der Waals surface area contributed by atoms with Gasteiger partial charge in [-0.05, 0) is 74.3 Å². The van der Waals surface area contributed by atoms with Gasteiger partial charge in [0.15, 0.2) is 5.65 Å². The van der Waals surface area contributed by atoms with E-state index in [9.17, 15) is 19.2 Å². The van der Waals surface area contributed by atoms with Gasteiger partial charge < -0.3 is 15.4 Å². The molecule has 5 aromatic rings. The summed E-state index contributed by atoms with van der Waals surface area (Å²) in [5.74, 6) is 0.501. The van der Waals surface area contributed by atoms with Crippen molar-refractivity contribution in [1.82, 2.24) is 34.9 Å². The van der Waals surface area contributed by atoms with Crippen molar-refractivity contribution in [2.24, 2.45) is 0 Å². The van der Waals surface area contributed by atoms with Crippen molar-refractivity contribution in [2.75, 3.05) is 31.1 Å². The molecule has 4 amide bonds. The molecule has 2 unspecified atom stereocenters. The number of likely N-dealkylation sites (tertiary alicyclic amines) is 1. The van der Waals surface area contributed by atoms with Crippen molar-refractivity contribution in [2.45, 2.75) is 42.7 Å². The number of piperidine rings is 2. The number of nitrogens with one attached hydrogen (secondary N) is 1. The van der Waals surface area contributed by atoms with E-state index in [-0.39, 0.29) is 24.4 Å². The normalized spacial score (nSPS) is 19.4. The Bertz CT molecular complexity index is 2170. The van der Waals surface area contributed by atoms with Gasteiger partial charge in [-0.25, -0.2) is 14.6 Å². The molecular formula is C37H34N8O5S. The van der Waals surface area contributed by atoms with Gasteiger partial charge in [0, 0.05) is 35.7 Å². The summed E-state index contributed by atoms with van der Waals surface area (Å²) in [6, 6.07) is 21.6. The molecule has 0 radical (unpaired) electrons. The van der Waals surface area contributed by atoms with Crippen LogP contribution in [0.4, 0.5) is 5.82 Å². The zero-order valence-electron chi connectivity index (χ0n) is 27.5. The van der Waals surface area contributed by atoms with Gasteiger partial charge in [-0.3, -0.25) is 29.4 Å². The molecule has 3 N–H and O–H groups in total.